The van der Waals surface area contributed by atoms with Gasteiger partial charge in [-0.25, -0.2) is 0 Å². The third-order valence-electron chi connectivity index (χ3n) is 2.70. The number of hydrogen-bond donors (Lipinski definition) is 3. The molecular weight excluding hydrogens is 234 g/mol. The van der Waals surface area contributed by atoms with E-state index in [0.29, 0.717) is 0 Å². The van der Waals surface area contributed by atoms with E-state index in [9.17, 15) is 0 Å². The molecule has 0 bridgehead atoms. The van der Waals surface area contributed by atoms with Crippen LogP contribution < -0.4 is 5.73 Å². The first-order valence-corrected chi connectivity index (χ1v) is 5.93. The van der Waals surface area contributed by atoms with Crippen LogP contribution in [0.3, 0.4) is 0 Å². The van der Waals surface area contributed by atoms with Crippen LogP contribution in [0.4, 0.5) is 5.69 Å². The molecule has 3 nitrogen and oxygen atoms in total. The van der Waals surface area contributed by atoms with Gasteiger partial charge in [-0.3, -0.25) is 10.8 Å². The molecule has 0 aliphatic heterocycles. The number of allylic oxidation sites excluding steroid dienone is 4. The summed E-state index contributed by atoms with van der Waals surface area (Å²) in [7, 11) is 0. The van der Waals surface area contributed by atoms with Crippen molar-refractivity contribution >= 4 is 27.9 Å². The van der Waals surface area contributed by atoms with Crippen molar-refractivity contribution in [2.24, 2.45) is 0 Å². The van der Waals surface area contributed by atoms with Crippen LogP contribution in [0.15, 0.2) is 66.8 Å². The summed E-state index contributed by atoms with van der Waals surface area (Å²) in [5, 5.41) is 16.5. The first kappa shape index (κ1) is 12.8. The van der Waals surface area contributed by atoms with E-state index in [1.807, 2.05) is 30.3 Å². The summed E-state index contributed by atoms with van der Waals surface area (Å²) in [6.45, 7) is 0. The van der Waals surface area contributed by atoms with Gasteiger partial charge in [0.15, 0.2) is 0 Å². The molecule has 2 aromatic carbocycles. The summed E-state index contributed by atoms with van der Waals surface area (Å²) >= 11 is 0. The van der Waals surface area contributed by atoms with Crippen molar-refractivity contribution in [1.82, 2.24) is 0 Å². The lowest BCUT2D eigenvalue weighted by Crippen LogP contribution is -2.06. The van der Waals surface area contributed by atoms with Gasteiger partial charge in [0.2, 0.25) is 0 Å². The third kappa shape index (κ3) is 3.39. The molecule has 19 heavy (non-hydrogen) atoms. The summed E-state index contributed by atoms with van der Waals surface area (Å²) in [5.41, 5.74) is 7.02. The topological polar surface area (TPSA) is 73.7 Å². The predicted octanol–water partition coefficient (Wildman–Crippen LogP) is 3.57. The second-order valence-electron chi connectivity index (χ2n) is 4.15. The van der Waals surface area contributed by atoms with Gasteiger partial charge in [-0.2, -0.15) is 0 Å². The molecule has 0 saturated carbocycles. The molecule has 0 unspecified atom stereocenters. The molecule has 4 N–H and O–H groups in total. The maximum absolute atomic E-state index is 7.03. The first-order chi connectivity index (χ1) is 9.16. The SMILES string of the molecule is N=C1C=CC=CC1=N.Nc1ccc2ccccc2c1. The van der Waals surface area contributed by atoms with Crippen molar-refractivity contribution < 1.29 is 0 Å². The maximum Gasteiger partial charge on any atom is 0.0789 e. The zero-order valence-electron chi connectivity index (χ0n) is 10.4. The molecular formula is C16H15N3. The number of hydrogen-bond acceptors (Lipinski definition) is 3. The third-order valence-corrected chi connectivity index (χ3v) is 2.70. The van der Waals surface area contributed by atoms with E-state index in [1.165, 1.54) is 10.8 Å². The highest BCUT2D eigenvalue weighted by Crippen LogP contribution is 2.15. The highest BCUT2D eigenvalue weighted by Gasteiger charge is 1.97. The Hall–Kier alpha value is -2.68. The van der Waals surface area contributed by atoms with Crippen LogP contribution in [0.2, 0.25) is 0 Å². The number of rotatable bonds is 0. The molecule has 0 atom stereocenters. The average molecular weight is 249 g/mol. The summed E-state index contributed by atoms with van der Waals surface area (Å²) in [6.07, 6.45) is 6.70. The van der Waals surface area contributed by atoms with E-state index in [-0.39, 0.29) is 11.4 Å². The molecule has 0 amide bonds. The van der Waals surface area contributed by atoms with E-state index >= 15 is 0 Å². The molecule has 0 saturated heterocycles. The largest absolute Gasteiger partial charge is 0.399 e. The van der Waals surface area contributed by atoms with Crippen molar-refractivity contribution in [3.05, 3.63) is 66.8 Å². The summed E-state index contributed by atoms with van der Waals surface area (Å²) in [6, 6.07) is 14.1. The zero-order valence-corrected chi connectivity index (χ0v) is 10.4. The highest BCUT2D eigenvalue weighted by atomic mass is 14.5. The molecule has 94 valence electrons. The van der Waals surface area contributed by atoms with E-state index < -0.39 is 0 Å². The molecule has 0 fully saturated rings. The lowest BCUT2D eigenvalue weighted by molar-refractivity contribution is 1.49. The Morgan fingerprint density at radius 3 is 1.89 bits per heavy atom. The Morgan fingerprint density at radius 1 is 0.737 bits per heavy atom. The average Bonchev–Trinajstić information content (AvgIpc) is 2.43. The summed E-state index contributed by atoms with van der Waals surface area (Å²) < 4.78 is 0. The van der Waals surface area contributed by atoms with Gasteiger partial charge < -0.3 is 5.73 Å². The van der Waals surface area contributed by atoms with Crippen LogP contribution in [0.25, 0.3) is 10.8 Å². The van der Waals surface area contributed by atoms with Crippen molar-refractivity contribution in [3.8, 4) is 0 Å². The predicted molar refractivity (Wildman–Crippen MR) is 82.1 cm³/mol. The molecule has 0 radical (unpaired) electrons. The van der Waals surface area contributed by atoms with Gasteiger partial charge in [0.05, 0.1) is 11.4 Å². The van der Waals surface area contributed by atoms with Gasteiger partial charge in [-0.15, -0.1) is 0 Å². The number of nitrogen functional groups attached to an aromatic ring is 1. The van der Waals surface area contributed by atoms with Crippen molar-refractivity contribution in [3.63, 3.8) is 0 Å². The molecule has 1 aliphatic rings. The van der Waals surface area contributed by atoms with Crippen molar-refractivity contribution in [2.75, 3.05) is 5.73 Å². The standard InChI is InChI=1S/C10H9N.C6H6N2/c11-10-6-5-8-3-1-2-4-9(8)7-10;7-5-3-1-2-4-6(5)8/h1-7H,11H2;1-4,7-8H. The van der Waals surface area contributed by atoms with Crippen molar-refractivity contribution in [1.29, 1.82) is 10.8 Å². The van der Waals surface area contributed by atoms with Gasteiger partial charge in [0, 0.05) is 5.69 Å². The normalized spacial score (nSPS) is 13.3. The van der Waals surface area contributed by atoms with Crippen LogP contribution in [-0.2, 0) is 0 Å². The van der Waals surface area contributed by atoms with E-state index in [1.54, 1.807) is 24.3 Å². The lowest BCUT2D eigenvalue weighted by Gasteiger charge is -1.96. The minimum Gasteiger partial charge on any atom is -0.399 e. The van der Waals surface area contributed by atoms with E-state index in [2.05, 4.69) is 12.1 Å². The minimum atomic E-state index is 0.285. The first-order valence-electron chi connectivity index (χ1n) is 5.93. The lowest BCUT2D eigenvalue weighted by atomic mass is 10.1. The summed E-state index contributed by atoms with van der Waals surface area (Å²) in [4.78, 5) is 0. The van der Waals surface area contributed by atoms with Gasteiger partial charge >= 0.3 is 0 Å². The minimum absolute atomic E-state index is 0.285. The fourth-order valence-electron chi connectivity index (χ4n) is 1.69. The van der Waals surface area contributed by atoms with Crippen LogP contribution >= 0.6 is 0 Å². The Balaban J connectivity index is 0.000000148. The molecule has 0 aromatic heterocycles. The Morgan fingerprint density at radius 2 is 1.32 bits per heavy atom. The highest BCUT2D eigenvalue weighted by molar-refractivity contribution is 6.48. The van der Waals surface area contributed by atoms with Gasteiger partial charge in [0.25, 0.3) is 0 Å². The number of fused-ring (bicyclic) bond motifs is 1. The quantitative estimate of drug-likeness (QED) is 0.484. The summed E-state index contributed by atoms with van der Waals surface area (Å²) in [5.74, 6) is 0. The molecule has 2 aromatic rings. The fourth-order valence-corrected chi connectivity index (χ4v) is 1.69. The number of benzene rings is 2. The van der Waals surface area contributed by atoms with Crippen LogP contribution in [0.1, 0.15) is 0 Å². The Labute approximate surface area is 112 Å². The van der Waals surface area contributed by atoms with E-state index in [4.69, 9.17) is 16.6 Å². The van der Waals surface area contributed by atoms with Crippen LogP contribution in [0.5, 0.6) is 0 Å². The van der Waals surface area contributed by atoms with Gasteiger partial charge in [0.1, 0.15) is 0 Å². The molecule has 1 aliphatic carbocycles. The monoisotopic (exact) mass is 249 g/mol. The van der Waals surface area contributed by atoms with Crippen LogP contribution in [-0.4, -0.2) is 11.4 Å². The number of nitrogens with two attached hydrogens (primary N) is 1. The zero-order chi connectivity index (χ0) is 13.7. The number of nitrogens with one attached hydrogen (secondary N) is 2. The second kappa shape index (κ2) is 5.78. The van der Waals surface area contributed by atoms with Crippen molar-refractivity contribution in [2.45, 2.75) is 0 Å². The molecule has 3 rings (SSSR count). The molecule has 0 spiro atoms. The maximum atomic E-state index is 7.03. The molecule has 3 heteroatoms. The van der Waals surface area contributed by atoms with Gasteiger partial charge in [-0.1, -0.05) is 42.5 Å². The van der Waals surface area contributed by atoms with E-state index in [0.717, 1.165) is 5.69 Å². The fraction of sp³-hybridized carbons (Fsp3) is 0. The molecule has 0 heterocycles. The second-order valence-corrected chi connectivity index (χ2v) is 4.15. The Bertz CT molecular complexity index is 659. The van der Waals surface area contributed by atoms with Crippen LogP contribution in [0, 0.1) is 10.8 Å². The Kier molecular flexibility index (Phi) is 3.88. The number of anilines is 1. The van der Waals surface area contributed by atoms with Gasteiger partial charge in [-0.05, 0) is 35.1 Å². The smallest absolute Gasteiger partial charge is 0.0789 e.